The zero-order valence-corrected chi connectivity index (χ0v) is 22.8. The summed E-state index contributed by atoms with van der Waals surface area (Å²) in [6, 6.07) is 0. The zero-order valence-electron chi connectivity index (χ0n) is 22.8. The molecule has 0 amide bonds. The molecule has 0 bridgehead atoms. The molecule has 0 N–H and O–H groups in total. The minimum Gasteiger partial charge on any atom is -0.459 e. The lowest BCUT2D eigenvalue weighted by molar-refractivity contribution is -0.260. The molecule has 0 aromatic rings. The Balaban J connectivity index is 1.53. The molecule has 0 aromatic carbocycles. The maximum atomic E-state index is 12.6. The van der Waals surface area contributed by atoms with E-state index in [0.717, 1.165) is 25.2 Å². The van der Waals surface area contributed by atoms with E-state index < -0.39 is 5.60 Å². The van der Waals surface area contributed by atoms with E-state index in [1.165, 1.54) is 44.9 Å². The molecule has 188 valence electrons. The van der Waals surface area contributed by atoms with Crippen molar-refractivity contribution in [3.8, 4) is 0 Å². The molecule has 0 radical (unpaired) electrons. The molecule has 3 nitrogen and oxygen atoms in total. The maximum absolute atomic E-state index is 12.6. The summed E-state index contributed by atoms with van der Waals surface area (Å²) < 4.78 is 13.5. The standard InChI is InChI=1S/C30H50O3/c1-25(2)15-9-16-27(5)20(25)12-18-29(7)22(27)10-11-23-28(6)17-14-24(31)32-26(3,4)21(28)13-19-30(23,8)33-29/h20-23H,9-19H2,1-8H3. The number of cyclic esters (lactones) is 1. The summed E-state index contributed by atoms with van der Waals surface area (Å²) in [5.41, 5.74) is 0.372. The monoisotopic (exact) mass is 458 g/mol. The highest BCUT2D eigenvalue weighted by molar-refractivity contribution is 5.70. The zero-order chi connectivity index (χ0) is 24.1. The van der Waals surface area contributed by atoms with Gasteiger partial charge in [0.25, 0.3) is 0 Å². The summed E-state index contributed by atoms with van der Waals surface area (Å²) >= 11 is 0. The molecule has 33 heavy (non-hydrogen) atoms. The third-order valence-corrected chi connectivity index (χ3v) is 12.3. The minimum absolute atomic E-state index is 0.00714. The number of rotatable bonds is 0. The molecule has 0 aromatic heterocycles. The van der Waals surface area contributed by atoms with Gasteiger partial charge in [-0.05, 0) is 119 Å². The van der Waals surface area contributed by atoms with E-state index in [-0.39, 0.29) is 22.6 Å². The average Bonchev–Trinajstić information content (AvgIpc) is 2.84. The molecule has 2 aliphatic heterocycles. The lowest BCUT2D eigenvalue weighted by atomic mass is 9.45. The first-order valence-electron chi connectivity index (χ1n) is 14.1. The summed E-state index contributed by atoms with van der Waals surface area (Å²) in [5.74, 6) is 2.32. The largest absolute Gasteiger partial charge is 0.459 e. The van der Waals surface area contributed by atoms with Crippen molar-refractivity contribution in [3.63, 3.8) is 0 Å². The maximum Gasteiger partial charge on any atom is 0.306 e. The lowest BCUT2D eigenvalue weighted by Gasteiger charge is -2.63. The second-order valence-corrected chi connectivity index (χ2v) is 15.0. The fourth-order valence-corrected chi connectivity index (χ4v) is 11.1. The van der Waals surface area contributed by atoms with Crippen LogP contribution in [0.15, 0.2) is 0 Å². The Morgan fingerprint density at radius 3 is 1.79 bits per heavy atom. The van der Waals surface area contributed by atoms with Gasteiger partial charge in [-0.3, -0.25) is 4.79 Å². The van der Waals surface area contributed by atoms with Crippen molar-refractivity contribution in [1.29, 1.82) is 0 Å². The van der Waals surface area contributed by atoms with Crippen LogP contribution < -0.4 is 0 Å². The summed E-state index contributed by atoms with van der Waals surface area (Å²) in [6.45, 7) is 19.4. The van der Waals surface area contributed by atoms with Crippen LogP contribution in [0.3, 0.4) is 0 Å². The summed E-state index contributed by atoms with van der Waals surface area (Å²) in [7, 11) is 0. The molecule has 2 saturated heterocycles. The van der Waals surface area contributed by atoms with E-state index in [9.17, 15) is 4.79 Å². The van der Waals surface area contributed by atoms with E-state index in [0.29, 0.717) is 35.0 Å². The van der Waals surface area contributed by atoms with Crippen LogP contribution in [0, 0.1) is 39.9 Å². The van der Waals surface area contributed by atoms with E-state index in [1.54, 1.807) is 0 Å². The van der Waals surface area contributed by atoms with Crippen LogP contribution in [0.25, 0.3) is 0 Å². The molecule has 8 atom stereocenters. The van der Waals surface area contributed by atoms with Gasteiger partial charge in [0.15, 0.2) is 0 Å². The molecule has 2 heterocycles. The van der Waals surface area contributed by atoms with Gasteiger partial charge in [-0.1, -0.05) is 34.1 Å². The molecule has 3 aliphatic carbocycles. The number of hydrogen-bond donors (Lipinski definition) is 0. The smallest absolute Gasteiger partial charge is 0.306 e. The van der Waals surface area contributed by atoms with Crippen molar-refractivity contribution in [3.05, 3.63) is 0 Å². The number of hydrogen-bond acceptors (Lipinski definition) is 3. The first-order valence-corrected chi connectivity index (χ1v) is 14.1. The van der Waals surface area contributed by atoms with Crippen molar-refractivity contribution in [2.45, 2.75) is 143 Å². The van der Waals surface area contributed by atoms with E-state index >= 15 is 0 Å². The lowest BCUT2D eigenvalue weighted by Crippen LogP contribution is -2.61. The molecule has 5 fully saturated rings. The molecule has 8 unspecified atom stereocenters. The van der Waals surface area contributed by atoms with Crippen LogP contribution in [-0.4, -0.2) is 22.8 Å². The quantitative estimate of drug-likeness (QED) is 0.349. The average molecular weight is 459 g/mol. The number of ether oxygens (including phenoxy) is 2. The van der Waals surface area contributed by atoms with Gasteiger partial charge >= 0.3 is 5.97 Å². The first-order chi connectivity index (χ1) is 15.2. The highest BCUT2D eigenvalue weighted by atomic mass is 16.6. The minimum atomic E-state index is -0.392. The van der Waals surface area contributed by atoms with Crippen LogP contribution in [-0.2, 0) is 14.3 Å². The number of carbonyl (C=O) groups excluding carboxylic acids is 1. The van der Waals surface area contributed by atoms with E-state index in [1.807, 2.05) is 0 Å². The fourth-order valence-electron chi connectivity index (χ4n) is 11.1. The second kappa shape index (κ2) is 7.23. The molecule has 3 heteroatoms. The fraction of sp³-hybridized carbons (Fsp3) is 0.967. The predicted octanol–water partition coefficient (Wildman–Crippen LogP) is 7.70. The molecule has 3 saturated carbocycles. The molecule has 0 spiro atoms. The van der Waals surface area contributed by atoms with Gasteiger partial charge in [-0.15, -0.1) is 0 Å². The Kier molecular flexibility index (Phi) is 5.29. The summed E-state index contributed by atoms with van der Waals surface area (Å²) in [5, 5.41) is 0. The van der Waals surface area contributed by atoms with Crippen LogP contribution >= 0.6 is 0 Å². The summed E-state index contributed by atoms with van der Waals surface area (Å²) in [6.07, 6.45) is 12.8. The third-order valence-electron chi connectivity index (χ3n) is 12.3. The van der Waals surface area contributed by atoms with Gasteiger partial charge in [-0.2, -0.15) is 0 Å². The summed E-state index contributed by atoms with van der Waals surface area (Å²) in [4.78, 5) is 12.6. The number of fused-ring (bicyclic) bond motifs is 6. The van der Waals surface area contributed by atoms with E-state index in [2.05, 4.69) is 55.4 Å². The Hall–Kier alpha value is -0.570. The Morgan fingerprint density at radius 2 is 1.18 bits per heavy atom. The highest BCUT2D eigenvalue weighted by Gasteiger charge is 2.66. The molecular formula is C30H50O3. The van der Waals surface area contributed by atoms with E-state index in [4.69, 9.17) is 9.47 Å². The van der Waals surface area contributed by atoms with Gasteiger partial charge in [0.2, 0.25) is 0 Å². The number of esters is 1. The van der Waals surface area contributed by atoms with Crippen LogP contribution in [0.2, 0.25) is 0 Å². The molecule has 5 rings (SSSR count). The first kappa shape index (κ1) is 24.1. The van der Waals surface area contributed by atoms with Gasteiger partial charge < -0.3 is 9.47 Å². The van der Waals surface area contributed by atoms with Crippen molar-refractivity contribution in [2.75, 3.05) is 0 Å². The van der Waals surface area contributed by atoms with Gasteiger partial charge in [0, 0.05) is 12.3 Å². The number of carbonyl (C=O) groups is 1. The highest BCUT2D eigenvalue weighted by Crippen LogP contribution is 2.68. The normalized spacial score (nSPS) is 53.3. The van der Waals surface area contributed by atoms with Crippen molar-refractivity contribution < 1.29 is 14.3 Å². The molecule has 5 aliphatic rings. The Morgan fingerprint density at radius 1 is 0.636 bits per heavy atom. The van der Waals surface area contributed by atoms with Crippen molar-refractivity contribution >= 4 is 5.97 Å². The van der Waals surface area contributed by atoms with Crippen LogP contribution in [0.5, 0.6) is 0 Å². The van der Waals surface area contributed by atoms with Crippen LogP contribution in [0.4, 0.5) is 0 Å². The van der Waals surface area contributed by atoms with Gasteiger partial charge in [0.1, 0.15) is 5.60 Å². The predicted molar refractivity (Wildman–Crippen MR) is 133 cm³/mol. The third kappa shape index (κ3) is 3.40. The molecular weight excluding hydrogens is 408 g/mol. The topological polar surface area (TPSA) is 35.5 Å². The Labute approximate surface area is 203 Å². The second-order valence-electron chi connectivity index (χ2n) is 15.0. The Bertz CT molecular complexity index is 815. The van der Waals surface area contributed by atoms with Crippen molar-refractivity contribution in [1.82, 2.24) is 0 Å². The van der Waals surface area contributed by atoms with Gasteiger partial charge in [-0.25, -0.2) is 0 Å². The SMILES string of the molecule is CC1(C)CCCC2(C)C1CCC1(C)OC3(C)CCC4C(C)(C)OC(=O)CCC4(C)C3CCC12. The van der Waals surface area contributed by atoms with Crippen molar-refractivity contribution in [2.24, 2.45) is 39.9 Å². The van der Waals surface area contributed by atoms with Crippen LogP contribution in [0.1, 0.15) is 126 Å². The van der Waals surface area contributed by atoms with Gasteiger partial charge in [0.05, 0.1) is 11.2 Å².